The second kappa shape index (κ2) is 3.41. The summed E-state index contributed by atoms with van der Waals surface area (Å²) in [4.78, 5) is 11.1. The fraction of sp³-hybridized carbons (Fsp3) is 0.100. The average Bonchev–Trinajstić information content (AvgIpc) is 2.66. The first kappa shape index (κ1) is 8.62. The highest BCUT2D eigenvalue weighted by atomic mass is 16.7. The Morgan fingerprint density at radius 1 is 1.50 bits per heavy atom. The molecule has 1 aromatic rings. The standard InChI is InChI=1S/C10H9NO3/c1-2-9(12)11-7-4-3-5-8-10(7)14-6-13-8/h2-5H,1,6H2,(H,11,12). The normalized spacial score (nSPS) is 12.3. The first-order valence-electron chi connectivity index (χ1n) is 4.13. The minimum absolute atomic E-state index is 0.191. The summed E-state index contributed by atoms with van der Waals surface area (Å²) in [6.07, 6.45) is 1.20. The van der Waals surface area contributed by atoms with Crippen LogP contribution >= 0.6 is 0 Å². The Balaban J connectivity index is 2.30. The van der Waals surface area contributed by atoms with E-state index in [-0.39, 0.29) is 12.7 Å². The molecule has 72 valence electrons. The number of ether oxygens (including phenoxy) is 2. The van der Waals surface area contributed by atoms with Crippen LogP contribution in [0.4, 0.5) is 5.69 Å². The van der Waals surface area contributed by atoms with Crippen molar-refractivity contribution in [2.75, 3.05) is 12.1 Å². The van der Waals surface area contributed by atoms with E-state index in [4.69, 9.17) is 9.47 Å². The highest BCUT2D eigenvalue weighted by Gasteiger charge is 2.17. The Kier molecular flexibility index (Phi) is 2.10. The van der Waals surface area contributed by atoms with Gasteiger partial charge in [-0.05, 0) is 18.2 Å². The van der Waals surface area contributed by atoms with Gasteiger partial charge in [0.1, 0.15) is 0 Å². The zero-order chi connectivity index (χ0) is 9.97. The van der Waals surface area contributed by atoms with Gasteiger partial charge in [0.05, 0.1) is 5.69 Å². The van der Waals surface area contributed by atoms with E-state index in [0.717, 1.165) is 0 Å². The Morgan fingerprint density at radius 2 is 2.36 bits per heavy atom. The van der Waals surface area contributed by atoms with Crippen LogP contribution in [-0.2, 0) is 4.79 Å². The lowest BCUT2D eigenvalue weighted by Crippen LogP contribution is -2.07. The number of rotatable bonds is 2. The van der Waals surface area contributed by atoms with Crippen LogP contribution in [0.3, 0.4) is 0 Å². The number of carbonyl (C=O) groups excluding carboxylic acids is 1. The molecule has 0 saturated carbocycles. The summed E-state index contributed by atoms with van der Waals surface area (Å²) in [7, 11) is 0. The lowest BCUT2D eigenvalue weighted by Gasteiger charge is -2.05. The number of nitrogens with one attached hydrogen (secondary N) is 1. The molecule has 0 aliphatic carbocycles. The average molecular weight is 191 g/mol. The number of hydrogen-bond donors (Lipinski definition) is 1. The van der Waals surface area contributed by atoms with Gasteiger partial charge in [0.25, 0.3) is 0 Å². The second-order valence-corrected chi connectivity index (χ2v) is 2.73. The van der Waals surface area contributed by atoms with Crippen LogP contribution in [0.1, 0.15) is 0 Å². The predicted octanol–water partition coefficient (Wildman–Crippen LogP) is 1.54. The number of fused-ring (bicyclic) bond motifs is 1. The summed E-state index contributed by atoms with van der Waals surface area (Å²) in [5.41, 5.74) is 0.602. The van der Waals surface area contributed by atoms with Crippen LogP contribution in [-0.4, -0.2) is 12.7 Å². The fourth-order valence-electron chi connectivity index (χ4n) is 1.21. The molecule has 1 aliphatic rings. The van der Waals surface area contributed by atoms with Crippen molar-refractivity contribution >= 4 is 11.6 Å². The van der Waals surface area contributed by atoms with Gasteiger partial charge < -0.3 is 14.8 Å². The van der Waals surface area contributed by atoms with E-state index >= 15 is 0 Å². The molecule has 1 aliphatic heterocycles. The van der Waals surface area contributed by atoms with Crippen molar-refractivity contribution in [3.05, 3.63) is 30.9 Å². The summed E-state index contributed by atoms with van der Waals surface area (Å²) in [5, 5.41) is 2.63. The van der Waals surface area contributed by atoms with Crippen LogP contribution in [0.25, 0.3) is 0 Å². The van der Waals surface area contributed by atoms with Gasteiger partial charge in [-0.15, -0.1) is 0 Å². The van der Waals surface area contributed by atoms with Gasteiger partial charge in [0, 0.05) is 0 Å². The number of benzene rings is 1. The van der Waals surface area contributed by atoms with E-state index in [0.29, 0.717) is 17.2 Å². The van der Waals surface area contributed by atoms with Gasteiger partial charge >= 0.3 is 0 Å². The predicted molar refractivity (Wildman–Crippen MR) is 51.4 cm³/mol. The van der Waals surface area contributed by atoms with Gasteiger partial charge in [-0.2, -0.15) is 0 Å². The molecular formula is C10H9NO3. The van der Waals surface area contributed by atoms with E-state index in [2.05, 4.69) is 11.9 Å². The van der Waals surface area contributed by atoms with Gasteiger partial charge in [0.15, 0.2) is 11.5 Å². The smallest absolute Gasteiger partial charge is 0.247 e. The van der Waals surface area contributed by atoms with E-state index in [1.807, 2.05) is 0 Å². The number of carbonyl (C=O) groups is 1. The third-order valence-electron chi connectivity index (χ3n) is 1.84. The van der Waals surface area contributed by atoms with Crippen molar-refractivity contribution in [3.63, 3.8) is 0 Å². The molecule has 0 radical (unpaired) electrons. The number of hydrogen-bond acceptors (Lipinski definition) is 3. The van der Waals surface area contributed by atoms with Crippen molar-refractivity contribution < 1.29 is 14.3 Å². The van der Waals surface area contributed by atoms with Gasteiger partial charge in [-0.3, -0.25) is 4.79 Å². The zero-order valence-electron chi connectivity index (χ0n) is 7.45. The SMILES string of the molecule is C=CC(=O)Nc1cccc2c1OCO2. The molecule has 0 fully saturated rings. The molecule has 2 rings (SSSR count). The maximum absolute atomic E-state index is 11.1. The molecule has 0 spiro atoms. The Bertz CT molecular complexity index is 387. The van der Waals surface area contributed by atoms with E-state index in [1.54, 1.807) is 18.2 Å². The molecule has 0 atom stereocenters. The van der Waals surface area contributed by atoms with E-state index < -0.39 is 0 Å². The molecule has 14 heavy (non-hydrogen) atoms. The van der Waals surface area contributed by atoms with Crippen LogP contribution in [0.15, 0.2) is 30.9 Å². The number of anilines is 1. The summed E-state index contributed by atoms with van der Waals surface area (Å²) >= 11 is 0. The maximum Gasteiger partial charge on any atom is 0.247 e. The van der Waals surface area contributed by atoms with Crippen LogP contribution < -0.4 is 14.8 Å². The molecule has 1 aromatic carbocycles. The van der Waals surface area contributed by atoms with E-state index in [9.17, 15) is 4.79 Å². The summed E-state index contributed by atoms with van der Waals surface area (Å²) < 4.78 is 10.4. The first-order valence-corrected chi connectivity index (χ1v) is 4.13. The molecule has 4 heteroatoms. The van der Waals surface area contributed by atoms with Gasteiger partial charge in [0.2, 0.25) is 12.7 Å². The molecule has 0 bridgehead atoms. The van der Waals surface area contributed by atoms with Crippen LogP contribution in [0.2, 0.25) is 0 Å². The van der Waals surface area contributed by atoms with Crippen molar-refractivity contribution in [1.29, 1.82) is 0 Å². The van der Waals surface area contributed by atoms with Gasteiger partial charge in [-0.1, -0.05) is 12.6 Å². The summed E-state index contributed by atoms with van der Waals surface area (Å²) in [6, 6.07) is 5.31. The zero-order valence-corrected chi connectivity index (χ0v) is 7.45. The van der Waals surface area contributed by atoms with Crippen molar-refractivity contribution in [2.24, 2.45) is 0 Å². The molecule has 0 unspecified atom stereocenters. The van der Waals surface area contributed by atoms with Crippen LogP contribution in [0.5, 0.6) is 11.5 Å². The van der Waals surface area contributed by atoms with Crippen molar-refractivity contribution in [1.82, 2.24) is 0 Å². The molecule has 1 heterocycles. The molecule has 0 saturated heterocycles. The topological polar surface area (TPSA) is 47.6 Å². The molecule has 1 N–H and O–H groups in total. The summed E-state index contributed by atoms with van der Waals surface area (Å²) in [5.74, 6) is 0.948. The highest BCUT2D eigenvalue weighted by Crippen LogP contribution is 2.38. The Morgan fingerprint density at radius 3 is 3.14 bits per heavy atom. The molecule has 1 amide bonds. The van der Waals surface area contributed by atoms with Crippen molar-refractivity contribution in [3.8, 4) is 11.5 Å². The minimum Gasteiger partial charge on any atom is -0.454 e. The number of amides is 1. The quantitative estimate of drug-likeness (QED) is 0.721. The lowest BCUT2D eigenvalue weighted by atomic mass is 10.2. The molecule has 4 nitrogen and oxygen atoms in total. The maximum atomic E-state index is 11.1. The minimum atomic E-state index is -0.270. The van der Waals surface area contributed by atoms with Crippen molar-refractivity contribution in [2.45, 2.75) is 0 Å². The Labute approximate surface area is 81.1 Å². The third-order valence-corrected chi connectivity index (χ3v) is 1.84. The molecule has 0 aromatic heterocycles. The second-order valence-electron chi connectivity index (χ2n) is 2.73. The van der Waals surface area contributed by atoms with E-state index in [1.165, 1.54) is 6.08 Å². The van der Waals surface area contributed by atoms with Gasteiger partial charge in [-0.25, -0.2) is 0 Å². The van der Waals surface area contributed by atoms with Crippen LogP contribution in [0, 0.1) is 0 Å². The molecular weight excluding hydrogens is 182 g/mol. The monoisotopic (exact) mass is 191 g/mol. The number of para-hydroxylation sites is 1. The third kappa shape index (κ3) is 1.42. The highest BCUT2D eigenvalue weighted by molar-refractivity contribution is 6.00. The Hall–Kier alpha value is -1.97. The summed E-state index contributed by atoms with van der Waals surface area (Å²) in [6.45, 7) is 3.56. The fourth-order valence-corrected chi connectivity index (χ4v) is 1.21. The first-order chi connectivity index (χ1) is 6.81. The lowest BCUT2D eigenvalue weighted by molar-refractivity contribution is -0.111. The largest absolute Gasteiger partial charge is 0.454 e.